The molecule has 3 aromatic rings. The van der Waals surface area contributed by atoms with E-state index in [1.165, 1.54) is 11.3 Å². The summed E-state index contributed by atoms with van der Waals surface area (Å²) < 4.78 is 1.56. The quantitative estimate of drug-likeness (QED) is 0.415. The first-order valence-corrected chi connectivity index (χ1v) is 15.3. The predicted octanol–water partition coefficient (Wildman–Crippen LogP) is 4.23. The summed E-state index contributed by atoms with van der Waals surface area (Å²) in [5.74, 6) is -1.62. The number of halogens is 1. The number of piperazine rings is 1. The van der Waals surface area contributed by atoms with Gasteiger partial charge in [-0.2, -0.15) is 5.10 Å². The molecule has 41 heavy (non-hydrogen) atoms. The van der Waals surface area contributed by atoms with E-state index in [4.69, 9.17) is 11.6 Å². The summed E-state index contributed by atoms with van der Waals surface area (Å²) >= 11 is 8.42. The Bertz CT molecular complexity index is 1460. The van der Waals surface area contributed by atoms with E-state index in [2.05, 4.69) is 15.7 Å². The molecule has 5 rings (SSSR count). The van der Waals surface area contributed by atoms with Crippen molar-refractivity contribution < 1.29 is 14.4 Å². The monoisotopic (exact) mass is 596 g/mol. The zero-order valence-electron chi connectivity index (χ0n) is 24.1. The van der Waals surface area contributed by atoms with Crippen LogP contribution >= 0.6 is 22.9 Å². The molecule has 0 radical (unpaired) electrons. The average Bonchev–Trinajstić information content (AvgIpc) is 3.61. The van der Waals surface area contributed by atoms with Gasteiger partial charge in [-0.1, -0.05) is 35.9 Å². The number of amides is 3. The van der Waals surface area contributed by atoms with Gasteiger partial charge in [-0.05, 0) is 50.3 Å². The summed E-state index contributed by atoms with van der Waals surface area (Å²) in [6.45, 7) is 10.4. The SMILES string of the molecule is CCNC(=O)N1C(C(=O)N2CCNCC2)C(c2sccc2C)C(C(=O)c2ccccc2C)C1c1c(C)nn(C)c1Cl. The Kier molecular flexibility index (Phi) is 8.54. The van der Waals surface area contributed by atoms with Crippen molar-refractivity contribution >= 4 is 40.7 Å². The van der Waals surface area contributed by atoms with Crippen molar-refractivity contribution in [2.24, 2.45) is 13.0 Å². The maximum Gasteiger partial charge on any atom is 0.318 e. The van der Waals surface area contributed by atoms with E-state index < -0.39 is 30.0 Å². The number of benzene rings is 1. The summed E-state index contributed by atoms with van der Waals surface area (Å²) in [5.41, 5.74) is 3.63. The molecular formula is C30H37ClN6O3S. The van der Waals surface area contributed by atoms with Crippen molar-refractivity contribution in [3.05, 3.63) is 73.7 Å². The zero-order chi connectivity index (χ0) is 29.4. The van der Waals surface area contributed by atoms with Gasteiger partial charge in [0.15, 0.2) is 5.78 Å². The molecule has 2 aliphatic rings. The lowest BCUT2D eigenvalue weighted by Crippen LogP contribution is -2.56. The Hall–Kier alpha value is -3.21. The number of hydrogen-bond acceptors (Lipinski definition) is 6. The van der Waals surface area contributed by atoms with Crippen molar-refractivity contribution in [3.8, 4) is 0 Å². The van der Waals surface area contributed by atoms with Gasteiger partial charge in [0.2, 0.25) is 5.91 Å². The van der Waals surface area contributed by atoms with Gasteiger partial charge in [-0.15, -0.1) is 11.3 Å². The molecule has 2 fully saturated rings. The van der Waals surface area contributed by atoms with E-state index in [-0.39, 0.29) is 11.7 Å². The number of likely N-dealkylation sites (tertiary alicyclic amines) is 1. The van der Waals surface area contributed by atoms with Crippen LogP contribution in [0, 0.1) is 26.7 Å². The number of nitrogens with one attached hydrogen (secondary N) is 2. The van der Waals surface area contributed by atoms with E-state index in [0.29, 0.717) is 54.7 Å². The molecule has 2 aliphatic heterocycles. The third-order valence-electron chi connectivity index (χ3n) is 8.32. The fourth-order valence-corrected chi connectivity index (χ4v) is 7.81. The van der Waals surface area contributed by atoms with Crippen molar-refractivity contribution in [2.75, 3.05) is 32.7 Å². The van der Waals surface area contributed by atoms with Crippen LogP contribution in [-0.2, 0) is 11.8 Å². The Morgan fingerprint density at radius 2 is 1.80 bits per heavy atom. The van der Waals surface area contributed by atoms with Crippen molar-refractivity contribution in [2.45, 2.75) is 45.7 Å². The van der Waals surface area contributed by atoms with Crippen LogP contribution in [-0.4, -0.2) is 76.1 Å². The second-order valence-electron chi connectivity index (χ2n) is 10.8. The number of Topliss-reactive ketones (excluding diaryl/α,β-unsaturated/α-hetero) is 1. The number of thiophene rings is 1. The molecule has 1 aromatic carbocycles. The van der Waals surface area contributed by atoms with Crippen LogP contribution in [0.5, 0.6) is 0 Å². The molecule has 0 bridgehead atoms. The second-order valence-corrected chi connectivity index (χ2v) is 12.1. The minimum Gasteiger partial charge on any atom is -0.338 e. The molecule has 0 saturated carbocycles. The topological polar surface area (TPSA) is 99.6 Å². The van der Waals surface area contributed by atoms with Crippen molar-refractivity contribution in [1.29, 1.82) is 0 Å². The number of ketones is 1. The lowest BCUT2D eigenvalue weighted by molar-refractivity contribution is -0.136. The molecule has 0 aliphatic carbocycles. The number of aryl methyl sites for hydroxylation is 4. The van der Waals surface area contributed by atoms with Crippen LogP contribution in [0.2, 0.25) is 5.15 Å². The molecule has 11 heteroatoms. The number of carbonyl (C=O) groups excluding carboxylic acids is 3. The highest BCUT2D eigenvalue weighted by Gasteiger charge is 2.60. The van der Waals surface area contributed by atoms with E-state index in [1.807, 2.05) is 68.3 Å². The molecular weight excluding hydrogens is 560 g/mol. The number of carbonyl (C=O) groups is 3. The highest BCUT2D eigenvalue weighted by molar-refractivity contribution is 7.10. The first-order valence-electron chi connectivity index (χ1n) is 14.1. The van der Waals surface area contributed by atoms with Gasteiger partial charge in [0.25, 0.3) is 0 Å². The molecule has 4 unspecified atom stereocenters. The first-order chi connectivity index (χ1) is 19.7. The maximum atomic E-state index is 14.8. The molecule has 218 valence electrons. The van der Waals surface area contributed by atoms with Gasteiger partial charge in [-0.3, -0.25) is 14.3 Å². The van der Waals surface area contributed by atoms with Crippen molar-refractivity contribution in [1.82, 2.24) is 30.2 Å². The van der Waals surface area contributed by atoms with Crippen LogP contribution in [0.1, 0.15) is 56.5 Å². The van der Waals surface area contributed by atoms with Crippen LogP contribution < -0.4 is 10.6 Å². The third-order valence-corrected chi connectivity index (χ3v) is 9.89. The van der Waals surface area contributed by atoms with Gasteiger partial charge in [-0.25, -0.2) is 4.79 Å². The lowest BCUT2D eigenvalue weighted by atomic mass is 9.77. The molecule has 3 amide bonds. The molecule has 9 nitrogen and oxygen atoms in total. The normalized spacial score (nSPS) is 22.7. The number of rotatable bonds is 6. The molecule has 4 atom stereocenters. The molecule has 2 saturated heterocycles. The van der Waals surface area contributed by atoms with Crippen LogP contribution in [0.15, 0.2) is 35.7 Å². The van der Waals surface area contributed by atoms with Crippen molar-refractivity contribution in [3.63, 3.8) is 0 Å². The van der Waals surface area contributed by atoms with Crippen LogP contribution in [0.4, 0.5) is 4.79 Å². The largest absolute Gasteiger partial charge is 0.338 e. The number of hydrogen-bond donors (Lipinski definition) is 2. The molecule has 2 aromatic heterocycles. The van der Waals surface area contributed by atoms with E-state index in [9.17, 15) is 14.4 Å². The first kappa shape index (κ1) is 29.3. The molecule has 0 spiro atoms. The molecule has 2 N–H and O–H groups in total. The Morgan fingerprint density at radius 3 is 2.39 bits per heavy atom. The van der Waals surface area contributed by atoms with Gasteiger partial charge >= 0.3 is 6.03 Å². The summed E-state index contributed by atoms with van der Waals surface area (Å²) in [6.07, 6.45) is 0. The van der Waals surface area contributed by atoms with E-state index in [1.54, 1.807) is 16.6 Å². The highest BCUT2D eigenvalue weighted by atomic mass is 35.5. The van der Waals surface area contributed by atoms with Gasteiger partial charge < -0.3 is 20.4 Å². The van der Waals surface area contributed by atoms with Gasteiger partial charge in [0, 0.05) is 61.7 Å². The molecule has 4 heterocycles. The van der Waals surface area contributed by atoms with Gasteiger partial charge in [0.05, 0.1) is 17.7 Å². The minimum absolute atomic E-state index is 0.116. The maximum absolute atomic E-state index is 14.8. The Morgan fingerprint density at radius 1 is 1.10 bits per heavy atom. The summed E-state index contributed by atoms with van der Waals surface area (Å²) in [7, 11) is 1.74. The minimum atomic E-state index is -0.907. The van der Waals surface area contributed by atoms with E-state index in [0.717, 1.165) is 16.0 Å². The summed E-state index contributed by atoms with van der Waals surface area (Å²) in [5, 5.41) is 13.1. The van der Waals surface area contributed by atoms with Gasteiger partial charge in [0.1, 0.15) is 11.2 Å². The number of nitrogens with zero attached hydrogens (tertiary/aromatic N) is 4. The fourth-order valence-electron chi connectivity index (χ4n) is 6.42. The zero-order valence-corrected chi connectivity index (χ0v) is 25.7. The number of aromatic nitrogens is 2. The van der Waals surface area contributed by atoms with Crippen LogP contribution in [0.3, 0.4) is 0 Å². The Balaban J connectivity index is 1.81. The standard InChI is InChI=1S/C30H37ClN6O3S/c1-6-33-30(40)37-24(21-19(4)34-35(5)28(21)31)22(26(38)20-10-8-7-9-17(20)2)23(27-18(3)11-16-41-27)25(37)29(39)36-14-12-32-13-15-36/h7-11,16,22-25,32H,6,12-15H2,1-5H3,(H,33,40). The van der Waals surface area contributed by atoms with Crippen LogP contribution in [0.25, 0.3) is 0 Å². The number of urea groups is 1. The highest BCUT2D eigenvalue weighted by Crippen LogP contribution is 2.55. The lowest BCUT2D eigenvalue weighted by Gasteiger charge is -2.36. The Labute approximate surface area is 249 Å². The fraction of sp³-hybridized carbons (Fsp3) is 0.467. The smallest absolute Gasteiger partial charge is 0.318 e. The summed E-state index contributed by atoms with van der Waals surface area (Å²) in [4.78, 5) is 47.8. The van der Waals surface area contributed by atoms with E-state index >= 15 is 0 Å². The third kappa shape index (κ3) is 5.17. The summed E-state index contributed by atoms with van der Waals surface area (Å²) in [6, 6.07) is 7.39. The predicted molar refractivity (Wildman–Crippen MR) is 161 cm³/mol. The second kappa shape index (κ2) is 12.0. The average molecular weight is 597 g/mol.